The molecule has 0 saturated carbocycles. The van der Waals surface area contributed by atoms with Gasteiger partial charge in [0.05, 0.1) is 5.02 Å². The quantitative estimate of drug-likeness (QED) is 0.810. The zero-order valence-corrected chi connectivity index (χ0v) is 11.6. The molecule has 0 aliphatic heterocycles. The zero-order chi connectivity index (χ0) is 14.5. The first kappa shape index (κ1) is 14.1. The number of carbonyl (C=O) groups excluding carboxylic acids is 2. The third-order valence-electron chi connectivity index (χ3n) is 2.61. The van der Waals surface area contributed by atoms with Crippen LogP contribution in [0.1, 0.15) is 27.8 Å². The van der Waals surface area contributed by atoms with Crippen molar-refractivity contribution in [3.63, 3.8) is 0 Å². The summed E-state index contributed by atoms with van der Waals surface area (Å²) in [5.74, 6) is -0.489. The van der Waals surface area contributed by atoms with Crippen LogP contribution in [0.5, 0.6) is 0 Å². The third kappa shape index (κ3) is 3.39. The predicted molar refractivity (Wildman–Crippen MR) is 78.2 cm³/mol. The number of aromatic amines is 1. The molecule has 0 saturated heterocycles. The SMILES string of the molecule is CCNC(=O)c1cccc(NC(=O)c2cc(Cl)c[nH]2)c1. The Morgan fingerprint density at radius 3 is 2.70 bits per heavy atom. The molecule has 1 heterocycles. The lowest BCUT2D eigenvalue weighted by atomic mass is 10.2. The summed E-state index contributed by atoms with van der Waals surface area (Å²) in [5, 5.41) is 5.87. The number of anilines is 1. The van der Waals surface area contributed by atoms with Crippen molar-refractivity contribution in [1.29, 1.82) is 0 Å². The number of carbonyl (C=O) groups is 2. The van der Waals surface area contributed by atoms with Crippen molar-refractivity contribution in [2.75, 3.05) is 11.9 Å². The summed E-state index contributed by atoms with van der Waals surface area (Å²) in [5.41, 5.74) is 1.40. The molecular weight excluding hydrogens is 278 g/mol. The van der Waals surface area contributed by atoms with Crippen molar-refractivity contribution in [1.82, 2.24) is 10.3 Å². The summed E-state index contributed by atoms with van der Waals surface area (Å²) in [4.78, 5) is 26.4. The van der Waals surface area contributed by atoms with Crippen LogP contribution in [0.15, 0.2) is 36.5 Å². The largest absolute Gasteiger partial charge is 0.356 e. The molecule has 6 heteroatoms. The standard InChI is InChI=1S/C14H14ClN3O2/c1-2-16-13(19)9-4-3-5-11(6-9)18-14(20)12-7-10(15)8-17-12/h3-8,17H,2H2,1H3,(H,16,19)(H,18,20). The smallest absolute Gasteiger partial charge is 0.272 e. The molecule has 3 N–H and O–H groups in total. The molecule has 1 aromatic heterocycles. The minimum Gasteiger partial charge on any atom is -0.356 e. The van der Waals surface area contributed by atoms with Crippen LogP contribution >= 0.6 is 11.6 Å². The van der Waals surface area contributed by atoms with Crippen LogP contribution in [0.2, 0.25) is 5.02 Å². The molecule has 0 spiro atoms. The number of nitrogens with one attached hydrogen (secondary N) is 3. The van der Waals surface area contributed by atoms with Crippen molar-refractivity contribution in [3.8, 4) is 0 Å². The number of benzene rings is 1. The number of halogens is 1. The van der Waals surface area contributed by atoms with Gasteiger partial charge >= 0.3 is 0 Å². The fourth-order valence-corrected chi connectivity index (χ4v) is 1.86. The topological polar surface area (TPSA) is 74.0 Å². The van der Waals surface area contributed by atoms with E-state index >= 15 is 0 Å². The summed E-state index contributed by atoms with van der Waals surface area (Å²) in [6.07, 6.45) is 1.53. The Labute approximate surface area is 121 Å². The summed E-state index contributed by atoms with van der Waals surface area (Å²) in [6, 6.07) is 8.26. The molecule has 0 fully saturated rings. The molecule has 20 heavy (non-hydrogen) atoms. The molecule has 0 aliphatic carbocycles. The predicted octanol–water partition coefficient (Wildman–Crippen LogP) is 2.67. The van der Waals surface area contributed by atoms with Crippen LogP contribution in [-0.4, -0.2) is 23.3 Å². The maximum absolute atomic E-state index is 11.9. The molecule has 1 aromatic carbocycles. The Morgan fingerprint density at radius 1 is 1.25 bits per heavy atom. The van der Waals surface area contributed by atoms with Crippen LogP contribution in [0.4, 0.5) is 5.69 Å². The van der Waals surface area contributed by atoms with E-state index in [2.05, 4.69) is 15.6 Å². The van der Waals surface area contributed by atoms with Crippen molar-refractivity contribution in [3.05, 3.63) is 52.8 Å². The van der Waals surface area contributed by atoms with E-state index in [1.165, 1.54) is 12.3 Å². The maximum atomic E-state index is 11.9. The van der Waals surface area contributed by atoms with Gasteiger partial charge in [-0.05, 0) is 31.2 Å². The van der Waals surface area contributed by atoms with E-state index in [0.29, 0.717) is 28.5 Å². The van der Waals surface area contributed by atoms with E-state index in [1.807, 2.05) is 6.92 Å². The van der Waals surface area contributed by atoms with Gasteiger partial charge in [0.1, 0.15) is 5.69 Å². The lowest BCUT2D eigenvalue weighted by Crippen LogP contribution is -2.22. The highest BCUT2D eigenvalue weighted by molar-refractivity contribution is 6.31. The van der Waals surface area contributed by atoms with Gasteiger partial charge in [-0.3, -0.25) is 9.59 Å². The average Bonchev–Trinajstić information content (AvgIpc) is 2.86. The van der Waals surface area contributed by atoms with E-state index in [9.17, 15) is 9.59 Å². The molecule has 0 radical (unpaired) electrons. The summed E-state index contributed by atoms with van der Waals surface area (Å²) in [7, 11) is 0. The highest BCUT2D eigenvalue weighted by atomic mass is 35.5. The van der Waals surface area contributed by atoms with Crippen molar-refractivity contribution in [2.24, 2.45) is 0 Å². The molecule has 5 nitrogen and oxygen atoms in total. The second kappa shape index (κ2) is 6.25. The highest BCUT2D eigenvalue weighted by Crippen LogP contribution is 2.14. The lowest BCUT2D eigenvalue weighted by Gasteiger charge is -2.06. The first-order valence-electron chi connectivity index (χ1n) is 6.13. The maximum Gasteiger partial charge on any atom is 0.272 e. The number of hydrogen-bond acceptors (Lipinski definition) is 2. The number of amides is 2. The molecule has 0 atom stereocenters. The van der Waals surface area contributed by atoms with Crippen molar-refractivity contribution >= 4 is 29.1 Å². The number of hydrogen-bond donors (Lipinski definition) is 3. The lowest BCUT2D eigenvalue weighted by molar-refractivity contribution is 0.0954. The first-order chi connectivity index (χ1) is 9.60. The molecule has 0 aliphatic rings. The van der Waals surface area contributed by atoms with Gasteiger partial charge in [-0.2, -0.15) is 0 Å². The van der Waals surface area contributed by atoms with Crippen molar-refractivity contribution in [2.45, 2.75) is 6.92 Å². The monoisotopic (exact) mass is 291 g/mol. The Kier molecular flexibility index (Phi) is 4.42. The van der Waals surface area contributed by atoms with E-state index in [1.54, 1.807) is 24.3 Å². The molecule has 0 unspecified atom stereocenters. The second-order valence-electron chi connectivity index (χ2n) is 4.13. The van der Waals surface area contributed by atoms with Gasteiger partial charge in [0.25, 0.3) is 11.8 Å². The van der Waals surface area contributed by atoms with Gasteiger partial charge in [-0.15, -0.1) is 0 Å². The normalized spacial score (nSPS) is 10.1. The molecular formula is C14H14ClN3O2. The Balaban J connectivity index is 2.12. The fraction of sp³-hybridized carbons (Fsp3) is 0.143. The number of aromatic nitrogens is 1. The van der Waals surface area contributed by atoms with Gasteiger partial charge in [-0.25, -0.2) is 0 Å². The van der Waals surface area contributed by atoms with Crippen LogP contribution in [0.25, 0.3) is 0 Å². The van der Waals surface area contributed by atoms with E-state index in [4.69, 9.17) is 11.6 Å². The van der Waals surface area contributed by atoms with Gasteiger partial charge in [0, 0.05) is 24.0 Å². The number of rotatable bonds is 4. The van der Waals surface area contributed by atoms with Crippen LogP contribution in [-0.2, 0) is 0 Å². The molecule has 104 valence electrons. The molecule has 0 bridgehead atoms. The minimum atomic E-state index is -0.315. The fourth-order valence-electron chi connectivity index (χ4n) is 1.70. The Hall–Kier alpha value is -2.27. The average molecular weight is 292 g/mol. The zero-order valence-electron chi connectivity index (χ0n) is 10.9. The van der Waals surface area contributed by atoms with Gasteiger partial charge in [0.15, 0.2) is 0 Å². The van der Waals surface area contributed by atoms with Crippen molar-refractivity contribution < 1.29 is 9.59 Å². The molecule has 2 amide bonds. The summed E-state index contributed by atoms with van der Waals surface area (Å²) >= 11 is 5.74. The highest BCUT2D eigenvalue weighted by Gasteiger charge is 2.10. The van der Waals surface area contributed by atoms with Crippen LogP contribution < -0.4 is 10.6 Å². The minimum absolute atomic E-state index is 0.175. The first-order valence-corrected chi connectivity index (χ1v) is 6.51. The Morgan fingerprint density at radius 2 is 2.05 bits per heavy atom. The van der Waals surface area contributed by atoms with Crippen LogP contribution in [0, 0.1) is 0 Å². The third-order valence-corrected chi connectivity index (χ3v) is 2.83. The van der Waals surface area contributed by atoms with Gasteiger partial charge < -0.3 is 15.6 Å². The molecule has 2 rings (SSSR count). The van der Waals surface area contributed by atoms with Gasteiger partial charge in [0.2, 0.25) is 0 Å². The summed E-state index contributed by atoms with van der Waals surface area (Å²) < 4.78 is 0. The number of H-pyrrole nitrogens is 1. The Bertz CT molecular complexity index is 637. The van der Waals surface area contributed by atoms with Crippen LogP contribution in [0.3, 0.4) is 0 Å². The van der Waals surface area contributed by atoms with Gasteiger partial charge in [-0.1, -0.05) is 17.7 Å². The summed E-state index contributed by atoms with van der Waals surface area (Å²) in [6.45, 7) is 2.40. The molecule has 2 aromatic rings. The van der Waals surface area contributed by atoms with E-state index in [0.717, 1.165) is 0 Å². The second-order valence-corrected chi connectivity index (χ2v) is 4.56. The van der Waals surface area contributed by atoms with E-state index < -0.39 is 0 Å². The van der Waals surface area contributed by atoms with E-state index in [-0.39, 0.29) is 11.8 Å².